The number of aryl methyl sites for hydroxylation is 4. The zero-order valence-electron chi connectivity index (χ0n) is 18.8. The maximum Gasteiger partial charge on any atom is 0.319 e. The van der Waals surface area contributed by atoms with Crippen molar-refractivity contribution in [2.45, 2.75) is 54.9 Å². The molecular weight excluding hydrogens is 364 g/mol. The Morgan fingerprint density at radius 3 is 2.28 bits per heavy atom. The third-order valence-corrected chi connectivity index (χ3v) is 4.69. The molecule has 0 atom stereocenters. The Kier molecular flexibility index (Phi) is 7.88. The van der Waals surface area contributed by atoms with Gasteiger partial charge in [0.1, 0.15) is 11.4 Å². The summed E-state index contributed by atoms with van der Waals surface area (Å²) in [5.74, 6) is 1.19. The fourth-order valence-corrected chi connectivity index (χ4v) is 3.53. The van der Waals surface area contributed by atoms with Gasteiger partial charge in [-0.25, -0.2) is 9.78 Å². The quantitative estimate of drug-likeness (QED) is 0.617. The molecule has 158 valence electrons. The van der Waals surface area contributed by atoms with Gasteiger partial charge in [0.2, 0.25) is 5.88 Å². The van der Waals surface area contributed by atoms with E-state index < -0.39 is 0 Å². The molecule has 1 aromatic heterocycles. The molecule has 0 spiro atoms. The van der Waals surface area contributed by atoms with Crippen LogP contribution >= 0.6 is 0 Å². The fraction of sp³-hybridized carbons (Fsp3) is 0.478. The van der Waals surface area contributed by atoms with Crippen LogP contribution in [0, 0.1) is 27.7 Å². The summed E-state index contributed by atoms with van der Waals surface area (Å²) in [5.41, 5.74) is 5.62. The molecule has 0 fully saturated rings. The Morgan fingerprint density at radius 2 is 1.72 bits per heavy atom. The Hall–Kier alpha value is -2.76. The predicted octanol–water partition coefficient (Wildman–Crippen LogP) is 5.49. The summed E-state index contributed by atoms with van der Waals surface area (Å²) in [5, 5.41) is 5.77. The summed E-state index contributed by atoms with van der Waals surface area (Å²) in [6, 6.07) is 5.91. The van der Waals surface area contributed by atoms with Crippen LogP contribution in [0.2, 0.25) is 0 Å². The van der Waals surface area contributed by atoms with Gasteiger partial charge in [0.25, 0.3) is 0 Å². The number of carbonyl (C=O) groups is 1. The molecule has 2 amide bonds. The molecule has 2 rings (SSSR count). The summed E-state index contributed by atoms with van der Waals surface area (Å²) >= 11 is 0. The van der Waals surface area contributed by atoms with Crippen LogP contribution in [0.25, 0.3) is 0 Å². The van der Waals surface area contributed by atoms with Crippen molar-refractivity contribution in [3.63, 3.8) is 0 Å². The lowest BCUT2D eigenvalue weighted by atomic mass is 10.1. The summed E-state index contributed by atoms with van der Waals surface area (Å²) in [4.78, 5) is 19.2. The number of nitrogens with one attached hydrogen (secondary N) is 2. The van der Waals surface area contributed by atoms with Gasteiger partial charge in [-0.3, -0.25) is 0 Å². The number of rotatable bonds is 8. The van der Waals surface area contributed by atoms with E-state index in [2.05, 4.69) is 53.4 Å². The van der Waals surface area contributed by atoms with E-state index in [9.17, 15) is 4.79 Å². The second-order valence-electron chi connectivity index (χ2n) is 7.36. The van der Waals surface area contributed by atoms with Gasteiger partial charge in [-0.05, 0) is 65.2 Å². The first-order chi connectivity index (χ1) is 13.8. The van der Waals surface area contributed by atoms with Crippen LogP contribution in [0.1, 0.15) is 49.6 Å². The highest BCUT2D eigenvalue weighted by Gasteiger charge is 2.21. The first-order valence-electron chi connectivity index (χ1n) is 10.4. The standard InChI is InChI=1S/C23H34N4O2/c1-8-11-27(10-3)19-14-18(7)25-22(20(19)26-23(28)24-9-2)29-21-16(5)12-15(4)13-17(21)6/h12-14H,8-11H2,1-7H3,(H2,24,26,28). The first-order valence-corrected chi connectivity index (χ1v) is 10.4. The number of amides is 2. The Morgan fingerprint density at radius 1 is 1.07 bits per heavy atom. The molecule has 0 aliphatic heterocycles. The van der Waals surface area contributed by atoms with Crippen molar-refractivity contribution in [1.29, 1.82) is 0 Å². The van der Waals surface area contributed by atoms with Gasteiger partial charge < -0.3 is 20.3 Å². The van der Waals surface area contributed by atoms with Crippen LogP contribution in [-0.2, 0) is 0 Å². The third-order valence-electron chi connectivity index (χ3n) is 4.69. The summed E-state index contributed by atoms with van der Waals surface area (Å²) < 4.78 is 6.32. The van der Waals surface area contributed by atoms with E-state index in [-0.39, 0.29) is 6.03 Å². The van der Waals surface area contributed by atoms with Gasteiger partial charge >= 0.3 is 6.03 Å². The zero-order chi connectivity index (χ0) is 21.6. The number of anilines is 2. The number of nitrogens with zero attached hydrogens (tertiary/aromatic N) is 2. The second-order valence-corrected chi connectivity index (χ2v) is 7.36. The van der Waals surface area contributed by atoms with E-state index in [4.69, 9.17) is 4.74 Å². The molecule has 6 nitrogen and oxygen atoms in total. The van der Waals surface area contributed by atoms with E-state index in [0.717, 1.165) is 47.8 Å². The van der Waals surface area contributed by atoms with Gasteiger partial charge in [0.15, 0.2) is 0 Å². The minimum atomic E-state index is -0.269. The molecule has 0 radical (unpaired) electrons. The molecule has 0 saturated heterocycles. The smallest absolute Gasteiger partial charge is 0.319 e. The molecule has 0 saturated carbocycles. The Labute approximate surface area is 174 Å². The molecule has 1 heterocycles. The topological polar surface area (TPSA) is 66.5 Å². The molecule has 0 unspecified atom stereocenters. The fourth-order valence-electron chi connectivity index (χ4n) is 3.53. The van der Waals surface area contributed by atoms with Crippen molar-refractivity contribution >= 4 is 17.4 Å². The summed E-state index contributed by atoms with van der Waals surface area (Å²) in [6.07, 6.45) is 1.00. The van der Waals surface area contributed by atoms with Gasteiger partial charge in [0.05, 0.1) is 5.69 Å². The number of urea groups is 1. The molecule has 1 aromatic carbocycles. The number of hydrogen-bond acceptors (Lipinski definition) is 4. The monoisotopic (exact) mass is 398 g/mol. The Bertz CT molecular complexity index is 841. The van der Waals surface area contributed by atoms with E-state index >= 15 is 0 Å². The van der Waals surface area contributed by atoms with E-state index in [1.165, 1.54) is 5.56 Å². The number of benzene rings is 1. The van der Waals surface area contributed by atoms with Gasteiger partial charge in [-0.15, -0.1) is 0 Å². The third kappa shape index (κ3) is 5.62. The number of pyridine rings is 1. The number of carbonyl (C=O) groups excluding carboxylic acids is 1. The predicted molar refractivity (Wildman–Crippen MR) is 121 cm³/mol. The number of hydrogen-bond donors (Lipinski definition) is 2. The Balaban J connectivity index is 2.60. The lowest BCUT2D eigenvalue weighted by Gasteiger charge is -2.27. The minimum absolute atomic E-state index is 0.269. The van der Waals surface area contributed by atoms with Crippen molar-refractivity contribution < 1.29 is 9.53 Å². The van der Waals surface area contributed by atoms with E-state index in [1.54, 1.807) is 0 Å². The number of ether oxygens (including phenoxy) is 1. The van der Waals surface area contributed by atoms with Crippen molar-refractivity contribution in [2.24, 2.45) is 0 Å². The van der Waals surface area contributed by atoms with Gasteiger partial charge in [-0.1, -0.05) is 24.6 Å². The molecule has 2 aromatic rings. The maximum absolute atomic E-state index is 12.4. The van der Waals surface area contributed by atoms with Crippen molar-refractivity contribution in [3.05, 3.63) is 40.6 Å². The molecule has 6 heteroatoms. The largest absolute Gasteiger partial charge is 0.436 e. The van der Waals surface area contributed by atoms with Crippen molar-refractivity contribution in [2.75, 3.05) is 29.9 Å². The highest BCUT2D eigenvalue weighted by atomic mass is 16.5. The maximum atomic E-state index is 12.4. The normalized spacial score (nSPS) is 10.6. The van der Waals surface area contributed by atoms with E-state index in [0.29, 0.717) is 18.1 Å². The first kappa shape index (κ1) is 22.5. The van der Waals surface area contributed by atoms with Crippen LogP contribution in [0.15, 0.2) is 18.2 Å². The van der Waals surface area contributed by atoms with Crippen LogP contribution in [-0.4, -0.2) is 30.6 Å². The summed E-state index contributed by atoms with van der Waals surface area (Å²) in [7, 11) is 0. The SMILES string of the molecule is CCCN(CC)c1cc(C)nc(Oc2c(C)cc(C)cc2C)c1NC(=O)NCC. The molecule has 0 bridgehead atoms. The second kappa shape index (κ2) is 10.1. The number of aromatic nitrogens is 1. The molecule has 0 aliphatic carbocycles. The van der Waals surface area contributed by atoms with Crippen molar-refractivity contribution in [1.82, 2.24) is 10.3 Å². The highest BCUT2D eigenvalue weighted by Crippen LogP contribution is 2.39. The average molecular weight is 399 g/mol. The lowest BCUT2D eigenvalue weighted by molar-refractivity contribution is 0.252. The highest BCUT2D eigenvalue weighted by molar-refractivity contribution is 5.95. The lowest BCUT2D eigenvalue weighted by Crippen LogP contribution is -2.31. The summed E-state index contributed by atoms with van der Waals surface area (Å²) in [6.45, 7) is 16.4. The van der Waals surface area contributed by atoms with Crippen LogP contribution in [0.4, 0.5) is 16.2 Å². The van der Waals surface area contributed by atoms with Crippen LogP contribution in [0.5, 0.6) is 11.6 Å². The average Bonchev–Trinajstić information content (AvgIpc) is 2.64. The minimum Gasteiger partial charge on any atom is -0.436 e. The van der Waals surface area contributed by atoms with Gasteiger partial charge in [0, 0.05) is 25.3 Å². The molecule has 29 heavy (non-hydrogen) atoms. The van der Waals surface area contributed by atoms with Gasteiger partial charge in [-0.2, -0.15) is 0 Å². The molecule has 0 aliphatic rings. The zero-order valence-corrected chi connectivity index (χ0v) is 18.8. The van der Waals surface area contributed by atoms with Crippen molar-refractivity contribution in [3.8, 4) is 11.6 Å². The van der Waals surface area contributed by atoms with E-state index in [1.807, 2.05) is 33.8 Å². The molecule has 2 N–H and O–H groups in total. The van der Waals surface area contributed by atoms with Crippen LogP contribution < -0.4 is 20.3 Å². The van der Waals surface area contributed by atoms with Crippen LogP contribution in [0.3, 0.4) is 0 Å². The molecular formula is C23H34N4O2.